The summed E-state index contributed by atoms with van der Waals surface area (Å²) in [6.07, 6.45) is 0.178. The van der Waals surface area contributed by atoms with Crippen LogP contribution >= 0.6 is 0 Å². The molecule has 1 aromatic rings. The van der Waals surface area contributed by atoms with Crippen LogP contribution in [-0.4, -0.2) is 31.9 Å². The van der Waals surface area contributed by atoms with Crippen molar-refractivity contribution >= 4 is 0 Å². The van der Waals surface area contributed by atoms with E-state index >= 15 is 0 Å². The van der Waals surface area contributed by atoms with Gasteiger partial charge < -0.3 is 14.8 Å². The van der Waals surface area contributed by atoms with Crippen LogP contribution in [0, 0.1) is 0 Å². The van der Waals surface area contributed by atoms with E-state index in [0.717, 1.165) is 13.2 Å². The van der Waals surface area contributed by atoms with Crippen LogP contribution in [-0.2, 0) is 16.1 Å². The third-order valence-electron chi connectivity index (χ3n) is 2.85. The summed E-state index contributed by atoms with van der Waals surface area (Å²) in [7, 11) is 0. The molecule has 1 aliphatic heterocycles. The van der Waals surface area contributed by atoms with E-state index in [0.29, 0.717) is 19.3 Å². The fourth-order valence-corrected chi connectivity index (χ4v) is 1.83. The molecule has 0 aromatic heterocycles. The summed E-state index contributed by atoms with van der Waals surface area (Å²) < 4.78 is 11.3. The molecule has 1 aromatic carbocycles. The molecule has 0 aliphatic carbocycles. The number of hydrogen-bond acceptors (Lipinski definition) is 3. The Kier molecular flexibility index (Phi) is 4.34. The minimum Gasteiger partial charge on any atom is -0.374 e. The number of ether oxygens (including phenoxy) is 2. The van der Waals surface area contributed by atoms with Crippen molar-refractivity contribution in [2.24, 2.45) is 0 Å². The van der Waals surface area contributed by atoms with Crippen molar-refractivity contribution in [3.8, 4) is 0 Å². The Morgan fingerprint density at radius 2 is 2.19 bits per heavy atom. The highest BCUT2D eigenvalue weighted by Gasteiger charge is 2.21. The molecule has 1 N–H and O–H groups in total. The zero-order chi connectivity index (χ0) is 11.2. The van der Waals surface area contributed by atoms with Gasteiger partial charge in [-0.05, 0) is 12.5 Å². The van der Waals surface area contributed by atoms with Crippen molar-refractivity contribution in [3.05, 3.63) is 35.9 Å². The van der Waals surface area contributed by atoms with Gasteiger partial charge in [0.05, 0.1) is 25.9 Å². The molecule has 3 heteroatoms. The van der Waals surface area contributed by atoms with Crippen LogP contribution in [0.4, 0.5) is 0 Å². The van der Waals surface area contributed by atoms with Crippen LogP contribution in [0.5, 0.6) is 0 Å². The van der Waals surface area contributed by atoms with Gasteiger partial charge in [0.1, 0.15) is 0 Å². The number of hydrogen-bond donors (Lipinski definition) is 1. The van der Waals surface area contributed by atoms with E-state index < -0.39 is 0 Å². The number of nitrogens with one attached hydrogen (secondary N) is 1. The quantitative estimate of drug-likeness (QED) is 0.837. The van der Waals surface area contributed by atoms with E-state index in [1.54, 1.807) is 0 Å². The third-order valence-corrected chi connectivity index (χ3v) is 2.85. The summed E-state index contributed by atoms with van der Waals surface area (Å²) >= 11 is 0. The van der Waals surface area contributed by atoms with Crippen LogP contribution < -0.4 is 5.32 Å². The lowest BCUT2D eigenvalue weighted by atomic mass is 10.1. The SMILES string of the molecule is CC1NCCOC1COCc1ccccc1. The van der Waals surface area contributed by atoms with Gasteiger partial charge in [0.2, 0.25) is 0 Å². The van der Waals surface area contributed by atoms with Gasteiger partial charge in [-0.3, -0.25) is 0 Å². The van der Waals surface area contributed by atoms with E-state index in [4.69, 9.17) is 9.47 Å². The summed E-state index contributed by atoms with van der Waals surface area (Å²) in [4.78, 5) is 0. The highest BCUT2D eigenvalue weighted by Crippen LogP contribution is 2.07. The minimum atomic E-state index is 0.178. The van der Waals surface area contributed by atoms with Crippen molar-refractivity contribution in [1.29, 1.82) is 0 Å². The molecule has 2 atom stereocenters. The first-order chi connectivity index (χ1) is 7.86. The minimum absolute atomic E-state index is 0.178. The maximum Gasteiger partial charge on any atom is 0.0959 e. The van der Waals surface area contributed by atoms with Gasteiger partial charge in [0.15, 0.2) is 0 Å². The molecular formula is C13H19NO2. The van der Waals surface area contributed by atoms with E-state index in [-0.39, 0.29) is 6.10 Å². The van der Waals surface area contributed by atoms with Gasteiger partial charge in [-0.1, -0.05) is 30.3 Å². The van der Waals surface area contributed by atoms with Crippen LogP contribution in [0.1, 0.15) is 12.5 Å². The van der Waals surface area contributed by atoms with Gasteiger partial charge in [-0.2, -0.15) is 0 Å². The van der Waals surface area contributed by atoms with Crippen molar-refractivity contribution in [2.45, 2.75) is 25.7 Å². The second-order valence-electron chi connectivity index (χ2n) is 4.15. The molecule has 3 nitrogen and oxygen atoms in total. The first-order valence-electron chi connectivity index (χ1n) is 5.83. The predicted molar refractivity (Wildman–Crippen MR) is 63.3 cm³/mol. The van der Waals surface area contributed by atoms with E-state index in [2.05, 4.69) is 24.4 Å². The van der Waals surface area contributed by atoms with E-state index in [9.17, 15) is 0 Å². The fraction of sp³-hybridized carbons (Fsp3) is 0.538. The molecule has 2 unspecified atom stereocenters. The second kappa shape index (κ2) is 5.99. The fourth-order valence-electron chi connectivity index (χ4n) is 1.83. The molecule has 1 fully saturated rings. The third kappa shape index (κ3) is 3.30. The van der Waals surface area contributed by atoms with Gasteiger partial charge in [0.25, 0.3) is 0 Å². The van der Waals surface area contributed by atoms with Crippen molar-refractivity contribution in [3.63, 3.8) is 0 Å². The van der Waals surface area contributed by atoms with Crippen LogP contribution in [0.15, 0.2) is 30.3 Å². The second-order valence-corrected chi connectivity index (χ2v) is 4.15. The molecule has 0 radical (unpaired) electrons. The number of rotatable bonds is 4. The summed E-state index contributed by atoms with van der Waals surface area (Å²) in [6.45, 7) is 5.17. The standard InChI is InChI=1S/C13H19NO2/c1-11-13(16-8-7-14-11)10-15-9-12-5-3-2-4-6-12/h2-6,11,13-14H,7-10H2,1H3. The van der Waals surface area contributed by atoms with E-state index in [1.807, 2.05) is 18.2 Å². The predicted octanol–water partition coefficient (Wildman–Crippen LogP) is 1.58. The molecule has 1 saturated heterocycles. The molecule has 0 bridgehead atoms. The van der Waals surface area contributed by atoms with Crippen molar-refractivity contribution in [2.75, 3.05) is 19.8 Å². The monoisotopic (exact) mass is 221 g/mol. The maximum absolute atomic E-state index is 5.66. The average Bonchev–Trinajstić information content (AvgIpc) is 2.33. The van der Waals surface area contributed by atoms with Gasteiger partial charge >= 0.3 is 0 Å². The smallest absolute Gasteiger partial charge is 0.0959 e. The molecule has 0 spiro atoms. The molecule has 88 valence electrons. The largest absolute Gasteiger partial charge is 0.374 e. The first-order valence-corrected chi connectivity index (χ1v) is 5.83. The lowest BCUT2D eigenvalue weighted by Crippen LogP contribution is -2.48. The molecular weight excluding hydrogens is 202 g/mol. The van der Waals surface area contributed by atoms with Gasteiger partial charge in [0, 0.05) is 12.6 Å². The Morgan fingerprint density at radius 1 is 1.38 bits per heavy atom. The highest BCUT2D eigenvalue weighted by atomic mass is 16.5. The number of benzene rings is 1. The van der Waals surface area contributed by atoms with Crippen LogP contribution in [0.2, 0.25) is 0 Å². The zero-order valence-corrected chi connectivity index (χ0v) is 9.69. The summed E-state index contributed by atoms with van der Waals surface area (Å²) in [5, 5.41) is 3.38. The van der Waals surface area contributed by atoms with Gasteiger partial charge in [-0.25, -0.2) is 0 Å². The Balaban J connectivity index is 1.71. The van der Waals surface area contributed by atoms with Crippen molar-refractivity contribution < 1.29 is 9.47 Å². The summed E-state index contributed by atoms with van der Waals surface area (Å²) in [5.74, 6) is 0. The lowest BCUT2D eigenvalue weighted by Gasteiger charge is -2.30. The maximum atomic E-state index is 5.66. The van der Waals surface area contributed by atoms with Crippen LogP contribution in [0.25, 0.3) is 0 Å². The van der Waals surface area contributed by atoms with Gasteiger partial charge in [-0.15, -0.1) is 0 Å². The highest BCUT2D eigenvalue weighted by molar-refractivity contribution is 5.13. The molecule has 2 rings (SSSR count). The Hall–Kier alpha value is -0.900. The number of morpholine rings is 1. The lowest BCUT2D eigenvalue weighted by molar-refractivity contribution is -0.0555. The van der Waals surface area contributed by atoms with E-state index in [1.165, 1.54) is 5.56 Å². The zero-order valence-electron chi connectivity index (χ0n) is 9.69. The molecule has 0 amide bonds. The topological polar surface area (TPSA) is 30.5 Å². The van der Waals surface area contributed by atoms with Crippen molar-refractivity contribution in [1.82, 2.24) is 5.32 Å². The summed E-state index contributed by atoms with van der Waals surface area (Å²) in [6, 6.07) is 10.6. The molecule has 16 heavy (non-hydrogen) atoms. The average molecular weight is 221 g/mol. The summed E-state index contributed by atoms with van der Waals surface area (Å²) in [5.41, 5.74) is 1.21. The Labute approximate surface area is 96.8 Å². The normalized spacial score (nSPS) is 25.6. The molecule has 0 saturated carbocycles. The molecule has 1 heterocycles. The Bertz CT molecular complexity index is 302. The molecule has 1 aliphatic rings. The van der Waals surface area contributed by atoms with Crippen LogP contribution in [0.3, 0.4) is 0 Å². The first kappa shape index (κ1) is 11.6. The Morgan fingerprint density at radius 3 is 2.94 bits per heavy atom.